The first-order valence-corrected chi connectivity index (χ1v) is 14.7. The number of amides is 3. The molecule has 230 valence electrons. The van der Waals surface area contributed by atoms with Gasteiger partial charge in [0.05, 0.1) is 12.7 Å². The first-order chi connectivity index (χ1) is 21.9. The number of methoxy groups -OCH3 is 1. The van der Waals surface area contributed by atoms with Crippen LogP contribution < -0.4 is 24.4 Å². The zero-order chi connectivity index (χ0) is 31.3. The highest BCUT2D eigenvalue weighted by Crippen LogP contribution is 2.33. The molecule has 0 aromatic heterocycles. The number of rotatable bonds is 8. The topological polar surface area (TPSA) is 101 Å². The van der Waals surface area contributed by atoms with E-state index >= 15 is 0 Å². The third-order valence-electron chi connectivity index (χ3n) is 7.97. The van der Waals surface area contributed by atoms with Crippen molar-refractivity contribution in [2.45, 2.75) is 6.54 Å². The molecular weight excluding hydrogens is 572 g/mol. The summed E-state index contributed by atoms with van der Waals surface area (Å²) in [4.78, 5) is 45.9. The van der Waals surface area contributed by atoms with Crippen LogP contribution >= 0.6 is 0 Å². The first-order valence-electron chi connectivity index (χ1n) is 14.7. The smallest absolute Gasteiger partial charge is 0.256 e. The second-order valence-electron chi connectivity index (χ2n) is 10.9. The predicted molar refractivity (Wildman–Crippen MR) is 170 cm³/mol. The predicted octanol–water partition coefficient (Wildman–Crippen LogP) is 4.91. The summed E-state index contributed by atoms with van der Waals surface area (Å²) in [6, 6.07) is 27.3. The number of nitrogens with one attached hydrogen (secondary N) is 1. The van der Waals surface area contributed by atoms with Crippen molar-refractivity contribution >= 4 is 29.1 Å². The van der Waals surface area contributed by atoms with Crippen LogP contribution in [0.4, 0.5) is 11.4 Å². The van der Waals surface area contributed by atoms with E-state index < -0.39 is 0 Å². The standard InChI is InChI=1S/C35H34N4O6/c1-37(22-24-6-4-3-5-7-24)35(42)29-21-27(36-33(40)26-10-15-31-32(20-26)45-23-44-31)11-14-30(29)38-16-18-39(19-17-38)34(41)25-8-12-28(43-2)13-9-25/h3-15,20-21H,16-19,22-23H2,1-2H3,(H,36,40). The van der Waals surface area contributed by atoms with Gasteiger partial charge in [-0.2, -0.15) is 0 Å². The normalized spacial score (nSPS) is 13.7. The Morgan fingerprint density at radius 3 is 2.27 bits per heavy atom. The quantitative estimate of drug-likeness (QED) is 0.304. The lowest BCUT2D eigenvalue weighted by atomic mass is 10.1. The van der Waals surface area contributed by atoms with Gasteiger partial charge in [-0.15, -0.1) is 0 Å². The minimum absolute atomic E-state index is 0.0437. The molecule has 0 radical (unpaired) electrons. The van der Waals surface area contributed by atoms with Crippen LogP contribution in [0, 0.1) is 0 Å². The van der Waals surface area contributed by atoms with E-state index in [0.717, 1.165) is 11.3 Å². The molecule has 3 amide bonds. The maximum absolute atomic E-state index is 13.9. The van der Waals surface area contributed by atoms with Crippen molar-refractivity contribution < 1.29 is 28.6 Å². The molecule has 2 aliphatic rings. The zero-order valence-electron chi connectivity index (χ0n) is 25.2. The number of carbonyl (C=O) groups is 3. The second kappa shape index (κ2) is 13.0. The Morgan fingerprint density at radius 1 is 0.822 bits per heavy atom. The molecule has 0 aliphatic carbocycles. The van der Waals surface area contributed by atoms with Gasteiger partial charge in [0.1, 0.15) is 5.75 Å². The lowest BCUT2D eigenvalue weighted by molar-refractivity contribution is 0.0742. The highest BCUT2D eigenvalue weighted by molar-refractivity contribution is 6.06. The zero-order valence-corrected chi connectivity index (χ0v) is 25.2. The highest BCUT2D eigenvalue weighted by atomic mass is 16.7. The number of hydrogen-bond acceptors (Lipinski definition) is 7. The average Bonchev–Trinajstić information content (AvgIpc) is 3.56. The third-order valence-corrected chi connectivity index (χ3v) is 7.97. The Labute approximate surface area is 261 Å². The third kappa shape index (κ3) is 6.54. The summed E-state index contributed by atoms with van der Waals surface area (Å²) < 4.78 is 16.0. The van der Waals surface area contributed by atoms with Crippen molar-refractivity contribution in [2.75, 3.05) is 57.3 Å². The fourth-order valence-corrected chi connectivity index (χ4v) is 5.50. The van der Waals surface area contributed by atoms with Gasteiger partial charge in [0, 0.05) is 62.3 Å². The summed E-state index contributed by atoms with van der Waals surface area (Å²) in [5, 5.41) is 2.93. The summed E-state index contributed by atoms with van der Waals surface area (Å²) in [7, 11) is 3.36. The summed E-state index contributed by atoms with van der Waals surface area (Å²) in [5.41, 5.74) is 3.73. The van der Waals surface area contributed by atoms with Gasteiger partial charge in [-0.05, 0) is 66.2 Å². The van der Waals surface area contributed by atoms with Gasteiger partial charge >= 0.3 is 0 Å². The molecule has 2 aliphatic heterocycles. The van der Waals surface area contributed by atoms with Gasteiger partial charge in [0.15, 0.2) is 11.5 Å². The molecule has 1 N–H and O–H groups in total. The molecule has 0 spiro atoms. The van der Waals surface area contributed by atoms with E-state index in [1.807, 2.05) is 41.3 Å². The molecule has 45 heavy (non-hydrogen) atoms. The largest absolute Gasteiger partial charge is 0.497 e. The van der Waals surface area contributed by atoms with Gasteiger partial charge in [-0.3, -0.25) is 14.4 Å². The molecule has 0 bridgehead atoms. The van der Waals surface area contributed by atoms with E-state index in [1.54, 1.807) is 73.7 Å². The van der Waals surface area contributed by atoms with Crippen molar-refractivity contribution in [3.63, 3.8) is 0 Å². The van der Waals surface area contributed by atoms with Gasteiger partial charge in [0.2, 0.25) is 6.79 Å². The Balaban J connectivity index is 1.21. The molecule has 0 atom stereocenters. The van der Waals surface area contributed by atoms with Crippen LogP contribution in [-0.4, -0.2) is 74.7 Å². The van der Waals surface area contributed by atoms with E-state index in [-0.39, 0.29) is 24.5 Å². The Morgan fingerprint density at radius 2 is 1.53 bits per heavy atom. The highest BCUT2D eigenvalue weighted by Gasteiger charge is 2.27. The minimum Gasteiger partial charge on any atom is -0.497 e. The lowest BCUT2D eigenvalue weighted by Crippen LogP contribution is -2.49. The lowest BCUT2D eigenvalue weighted by Gasteiger charge is -2.37. The fourth-order valence-electron chi connectivity index (χ4n) is 5.50. The molecule has 4 aromatic rings. The summed E-state index contributed by atoms with van der Waals surface area (Å²) in [5.74, 6) is 1.25. The van der Waals surface area contributed by atoms with Crippen LogP contribution in [0.25, 0.3) is 0 Å². The molecule has 6 rings (SSSR count). The second-order valence-corrected chi connectivity index (χ2v) is 10.9. The van der Waals surface area contributed by atoms with Crippen LogP contribution in [0.5, 0.6) is 17.2 Å². The number of carbonyl (C=O) groups excluding carboxylic acids is 3. The Bertz CT molecular complexity index is 1700. The molecule has 10 heteroatoms. The molecule has 1 fully saturated rings. The van der Waals surface area contributed by atoms with Gasteiger partial charge in [-0.25, -0.2) is 0 Å². The van der Waals surface area contributed by atoms with Crippen molar-refractivity contribution in [2.24, 2.45) is 0 Å². The van der Waals surface area contributed by atoms with Gasteiger partial charge < -0.3 is 34.2 Å². The van der Waals surface area contributed by atoms with Crippen LogP contribution in [0.15, 0.2) is 91.0 Å². The summed E-state index contributed by atoms with van der Waals surface area (Å²) >= 11 is 0. The molecule has 10 nitrogen and oxygen atoms in total. The minimum atomic E-state index is -0.331. The summed E-state index contributed by atoms with van der Waals surface area (Å²) in [6.07, 6.45) is 0. The van der Waals surface area contributed by atoms with E-state index in [2.05, 4.69) is 10.2 Å². The van der Waals surface area contributed by atoms with Crippen LogP contribution in [-0.2, 0) is 6.54 Å². The number of anilines is 2. The summed E-state index contributed by atoms with van der Waals surface area (Å²) in [6.45, 7) is 2.65. The molecule has 1 saturated heterocycles. The van der Waals surface area contributed by atoms with Gasteiger partial charge in [0.25, 0.3) is 17.7 Å². The maximum Gasteiger partial charge on any atom is 0.256 e. The molecule has 4 aromatic carbocycles. The van der Waals surface area contributed by atoms with Crippen molar-refractivity contribution in [1.82, 2.24) is 9.80 Å². The van der Waals surface area contributed by atoms with Gasteiger partial charge in [-0.1, -0.05) is 30.3 Å². The number of nitrogens with zero attached hydrogens (tertiary/aromatic N) is 3. The van der Waals surface area contributed by atoms with Crippen LogP contribution in [0.3, 0.4) is 0 Å². The van der Waals surface area contributed by atoms with Crippen molar-refractivity contribution in [3.8, 4) is 17.2 Å². The van der Waals surface area contributed by atoms with E-state index in [4.69, 9.17) is 14.2 Å². The van der Waals surface area contributed by atoms with E-state index in [9.17, 15) is 14.4 Å². The van der Waals surface area contributed by atoms with Crippen molar-refractivity contribution in [1.29, 1.82) is 0 Å². The van der Waals surface area contributed by atoms with Crippen LogP contribution in [0.1, 0.15) is 36.6 Å². The number of hydrogen-bond donors (Lipinski definition) is 1. The van der Waals surface area contributed by atoms with Crippen LogP contribution in [0.2, 0.25) is 0 Å². The SMILES string of the molecule is COc1ccc(C(=O)N2CCN(c3ccc(NC(=O)c4ccc5c(c4)OCO5)cc3C(=O)N(C)Cc3ccccc3)CC2)cc1. The fraction of sp³-hybridized carbons (Fsp3) is 0.229. The van der Waals surface area contributed by atoms with Crippen molar-refractivity contribution in [3.05, 3.63) is 113 Å². The average molecular weight is 607 g/mol. The Kier molecular flexibility index (Phi) is 8.54. The van der Waals surface area contributed by atoms with E-state index in [1.165, 1.54) is 0 Å². The molecule has 2 heterocycles. The molecular formula is C35H34N4O6. The monoisotopic (exact) mass is 606 g/mol. The number of benzene rings is 4. The Hall–Kier alpha value is -5.51. The number of ether oxygens (including phenoxy) is 3. The number of fused-ring (bicyclic) bond motifs is 1. The number of piperazine rings is 1. The molecule has 0 unspecified atom stereocenters. The first kappa shape index (κ1) is 29.6. The molecule has 0 saturated carbocycles. The maximum atomic E-state index is 13.9. The van der Waals surface area contributed by atoms with E-state index in [0.29, 0.717) is 72.4 Å².